The van der Waals surface area contributed by atoms with E-state index in [0.29, 0.717) is 0 Å². The van der Waals surface area contributed by atoms with Crippen LogP contribution in [0, 0.1) is 5.92 Å². The highest BCUT2D eigenvalue weighted by Gasteiger charge is 2.45. The van der Waals surface area contributed by atoms with Crippen molar-refractivity contribution in [2.24, 2.45) is 5.92 Å². The van der Waals surface area contributed by atoms with Crippen molar-refractivity contribution in [3.63, 3.8) is 0 Å². The third kappa shape index (κ3) is 13.6. The van der Waals surface area contributed by atoms with Crippen molar-refractivity contribution in [1.82, 2.24) is 0 Å². The minimum absolute atomic E-state index is 0.0131. The zero-order chi connectivity index (χ0) is 34.9. The summed E-state index contributed by atoms with van der Waals surface area (Å²) in [6.45, 7) is 42.0. The third-order valence-corrected chi connectivity index (χ3v) is 25.5. The van der Waals surface area contributed by atoms with E-state index in [1.54, 1.807) is 0 Å². The third-order valence-electron chi connectivity index (χ3n) is 11.6. The molecule has 264 valence electrons. The summed E-state index contributed by atoms with van der Waals surface area (Å²) >= 11 is 0. The number of rotatable bonds is 18. The van der Waals surface area contributed by atoms with Crippen LogP contribution in [0.2, 0.25) is 54.4 Å². The molecule has 0 aromatic carbocycles. The summed E-state index contributed by atoms with van der Waals surface area (Å²) in [5, 5.41) is 0.329. The van der Waals surface area contributed by atoms with E-state index < -0.39 is 25.0 Å². The summed E-state index contributed by atoms with van der Waals surface area (Å²) in [7, 11) is -5.43. The van der Waals surface area contributed by atoms with E-state index in [1.807, 2.05) is 0 Å². The fourth-order valence-corrected chi connectivity index (χ4v) is 11.8. The van der Waals surface area contributed by atoms with Crippen LogP contribution >= 0.6 is 0 Å². The van der Waals surface area contributed by atoms with Gasteiger partial charge in [0.05, 0.1) is 17.8 Å². The Balaban J connectivity index is 2.76. The van der Waals surface area contributed by atoms with Crippen LogP contribution in [0.4, 0.5) is 0 Å². The minimum atomic E-state index is -1.94. The molecule has 1 aliphatic rings. The van der Waals surface area contributed by atoms with Crippen molar-refractivity contribution in [3.05, 3.63) is 36.0 Å². The monoisotopic (exact) mass is 679 g/mol. The fourth-order valence-electron chi connectivity index (χ4n) is 5.97. The lowest BCUT2D eigenvalue weighted by Gasteiger charge is -2.46. The normalized spacial score (nSPS) is 20.3. The van der Waals surface area contributed by atoms with Gasteiger partial charge in [-0.25, -0.2) is 0 Å². The molecule has 0 aromatic rings. The van der Waals surface area contributed by atoms with E-state index in [4.69, 9.17) is 13.3 Å². The van der Waals surface area contributed by atoms with Crippen LogP contribution in [0.15, 0.2) is 36.0 Å². The van der Waals surface area contributed by atoms with Crippen LogP contribution in [-0.2, 0) is 13.3 Å². The number of allylic oxidation sites excluding steroid dienone is 3. The minimum Gasteiger partial charge on any atom is -0.412 e. The Bertz CT molecular complexity index is 911. The summed E-state index contributed by atoms with van der Waals surface area (Å²) in [6.07, 6.45) is 16.4. The first-order valence-electron chi connectivity index (χ1n) is 18.5. The molecular formula is C39H78O3Si3. The predicted octanol–water partition coefficient (Wildman–Crippen LogP) is 13.4. The number of unbranched alkanes of at least 4 members (excludes halogenated alkanes) is 1. The predicted molar refractivity (Wildman–Crippen MR) is 209 cm³/mol. The van der Waals surface area contributed by atoms with Gasteiger partial charge in [0.25, 0.3) is 0 Å². The van der Waals surface area contributed by atoms with Gasteiger partial charge in [-0.3, -0.25) is 0 Å². The summed E-state index contributed by atoms with van der Waals surface area (Å²) in [5.74, 6) is 0.768. The first-order chi connectivity index (χ1) is 20.4. The highest BCUT2D eigenvalue weighted by molar-refractivity contribution is 6.74. The summed E-state index contributed by atoms with van der Waals surface area (Å²) in [4.78, 5) is 0. The molecule has 1 aliphatic carbocycles. The smallest absolute Gasteiger partial charge is 0.192 e. The molecule has 0 radical (unpaired) electrons. The SMILES string of the molecule is C=C1[C@H](O[Si](C)(C)C(C)(C)C)CC(=C/C=C/CCC[C@@H](C)CCCC(C)(C)O[Si](CC)(CC)CC)C[C@H]1O[Si](C)(C)C(C)(C)C. The standard InChI is InChI=1S/C39H78O3Si3/c1-18-45(19-2,20-3)42-39(12,13)29-25-27-32(4)26-23-21-22-24-28-34-30-35(40-43(14,15)37(6,7)8)33(5)36(31-34)41-44(16,17)38(9,10)11/h22,24,28,32,35-36H,5,18-21,23,25-27,29-31H2,1-4,6-17H3/b24-22+/t32-,35-,36-/m1/s1. The molecule has 0 aliphatic heterocycles. The Morgan fingerprint density at radius 2 is 1.22 bits per heavy atom. The highest BCUT2D eigenvalue weighted by atomic mass is 28.4. The Morgan fingerprint density at radius 3 is 1.64 bits per heavy atom. The molecule has 3 atom stereocenters. The molecule has 0 N–H and O–H groups in total. The topological polar surface area (TPSA) is 27.7 Å². The maximum atomic E-state index is 6.99. The van der Waals surface area contributed by atoms with Gasteiger partial charge in [0.2, 0.25) is 0 Å². The molecule has 0 amide bonds. The second-order valence-corrected chi connectivity index (χ2v) is 32.2. The van der Waals surface area contributed by atoms with Crippen LogP contribution in [-0.4, -0.2) is 42.8 Å². The lowest BCUT2D eigenvalue weighted by molar-refractivity contribution is 0.0815. The van der Waals surface area contributed by atoms with Crippen molar-refractivity contribution in [2.45, 2.75) is 207 Å². The lowest BCUT2D eigenvalue weighted by Crippen LogP contribution is -2.49. The highest BCUT2D eigenvalue weighted by Crippen LogP contribution is 2.44. The van der Waals surface area contributed by atoms with Gasteiger partial charge in [-0.2, -0.15) is 0 Å². The van der Waals surface area contributed by atoms with Crippen molar-refractivity contribution in [3.8, 4) is 0 Å². The molecule has 0 saturated heterocycles. The quantitative estimate of drug-likeness (QED) is 0.0820. The van der Waals surface area contributed by atoms with Crippen molar-refractivity contribution >= 4 is 25.0 Å². The maximum Gasteiger partial charge on any atom is 0.192 e. The average Bonchev–Trinajstić information content (AvgIpc) is 2.90. The molecule has 3 nitrogen and oxygen atoms in total. The first-order valence-corrected chi connectivity index (χ1v) is 26.9. The van der Waals surface area contributed by atoms with Crippen molar-refractivity contribution < 1.29 is 13.3 Å². The molecule has 1 fully saturated rings. The van der Waals surface area contributed by atoms with Crippen LogP contribution in [0.3, 0.4) is 0 Å². The molecule has 0 heterocycles. The molecule has 0 spiro atoms. The van der Waals surface area contributed by atoms with E-state index in [0.717, 1.165) is 30.8 Å². The Labute approximate surface area is 285 Å². The largest absolute Gasteiger partial charge is 0.412 e. The summed E-state index contributed by atoms with van der Waals surface area (Å²) in [5.41, 5.74) is 2.60. The van der Waals surface area contributed by atoms with E-state index in [9.17, 15) is 0 Å². The molecule has 0 bridgehead atoms. The number of hydrogen-bond donors (Lipinski definition) is 0. The van der Waals surface area contributed by atoms with E-state index in [2.05, 4.69) is 134 Å². The summed E-state index contributed by atoms with van der Waals surface area (Å²) in [6, 6.07) is 3.70. The molecule has 6 heteroatoms. The van der Waals surface area contributed by atoms with Crippen LogP contribution in [0.25, 0.3) is 0 Å². The van der Waals surface area contributed by atoms with Crippen LogP contribution in [0.5, 0.6) is 0 Å². The van der Waals surface area contributed by atoms with Gasteiger partial charge in [0, 0.05) is 0 Å². The first kappa shape index (κ1) is 42.8. The van der Waals surface area contributed by atoms with Gasteiger partial charge in [0.15, 0.2) is 25.0 Å². The van der Waals surface area contributed by atoms with E-state index in [1.165, 1.54) is 55.8 Å². The van der Waals surface area contributed by atoms with E-state index >= 15 is 0 Å². The summed E-state index contributed by atoms with van der Waals surface area (Å²) < 4.78 is 20.8. The molecule has 1 rings (SSSR count). The fraction of sp³-hybridized carbons (Fsp3) is 0.846. The second-order valence-electron chi connectivity index (χ2n) is 18.0. The van der Waals surface area contributed by atoms with Crippen molar-refractivity contribution in [1.29, 1.82) is 0 Å². The number of hydrogen-bond acceptors (Lipinski definition) is 3. The van der Waals surface area contributed by atoms with Gasteiger partial charge in [-0.05, 0) is 112 Å². The van der Waals surface area contributed by atoms with Gasteiger partial charge in [-0.1, -0.05) is 119 Å². The average molecular weight is 679 g/mol. The van der Waals surface area contributed by atoms with Gasteiger partial charge < -0.3 is 13.3 Å². The Kier molecular flexibility index (Phi) is 16.6. The zero-order valence-electron chi connectivity index (χ0n) is 33.2. The maximum absolute atomic E-state index is 6.99. The van der Waals surface area contributed by atoms with Crippen molar-refractivity contribution in [2.75, 3.05) is 0 Å². The molecule has 0 unspecified atom stereocenters. The zero-order valence-corrected chi connectivity index (χ0v) is 36.2. The molecular weight excluding hydrogens is 601 g/mol. The molecule has 0 aromatic heterocycles. The van der Waals surface area contributed by atoms with Gasteiger partial charge in [0.1, 0.15) is 0 Å². The second kappa shape index (κ2) is 17.4. The Hall–Kier alpha value is -0.249. The van der Waals surface area contributed by atoms with Gasteiger partial charge in [-0.15, -0.1) is 0 Å². The lowest BCUT2D eigenvalue weighted by atomic mass is 9.86. The molecule has 45 heavy (non-hydrogen) atoms. The Morgan fingerprint density at radius 1 is 0.778 bits per heavy atom. The van der Waals surface area contributed by atoms with Crippen LogP contribution in [0.1, 0.15) is 134 Å². The van der Waals surface area contributed by atoms with Gasteiger partial charge >= 0.3 is 0 Å². The van der Waals surface area contributed by atoms with E-state index in [-0.39, 0.29) is 27.9 Å². The van der Waals surface area contributed by atoms with Crippen LogP contribution < -0.4 is 0 Å². The molecule has 1 saturated carbocycles.